The van der Waals surface area contributed by atoms with Gasteiger partial charge in [-0.05, 0) is 41.5 Å². The van der Waals surface area contributed by atoms with Crippen LogP contribution < -0.4 is 14.8 Å². The zero-order chi connectivity index (χ0) is 20.2. The number of nitrogens with zero attached hydrogens (tertiary/aromatic N) is 2. The van der Waals surface area contributed by atoms with Crippen LogP contribution in [0.3, 0.4) is 0 Å². The van der Waals surface area contributed by atoms with Crippen molar-refractivity contribution in [1.29, 1.82) is 0 Å². The maximum Gasteiger partial charge on any atom is 0.250 e. The molecule has 0 saturated carbocycles. The van der Waals surface area contributed by atoms with Crippen LogP contribution in [0.25, 0.3) is 6.08 Å². The predicted octanol–water partition coefficient (Wildman–Crippen LogP) is 5.52. The third-order valence-corrected chi connectivity index (χ3v) is 6.59. The minimum Gasteiger partial charge on any atom is -0.454 e. The Morgan fingerprint density at radius 2 is 2.00 bits per heavy atom. The maximum atomic E-state index is 12.1. The molecule has 0 fully saturated rings. The maximum absolute atomic E-state index is 12.1. The average molecular weight is 466 g/mol. The van der Waals surface area contributed by atoms with Crippen molar-refractivity contribution in [3.05, 3.63) is 63.6 Å². The van der Waals surface area contributed by atoms with Crippen molar-refractivity contribution in [1.82, 2.24) is 10.2 Å². The topological polar surface area (TPSA) is 73.3 Å². The van der Waals surface area contributed by atoms with Gasteiger partial charge in [-0.15, -0.1) is 10.2 Å². The van der Waals surface area contributed by atoms with Gasteiger partial charge in [0.25, 0.3) is 0 Å². The second-order valence-corrected chi connectivity index (χ2v) is 8.86. The highest BCUT2D eigenvalue weighted by atomic mass is 35.5. The highest BCUT2D eigenvalue weighted by Gasteiger charge is 2.12. The molecule has 10 heteroatoms. The second-order valence-electron chi connectivity index (χ2n) is 5.85. The number of carbonyl (C=O) groups is 1. The van der Waals surface area contributed by atoms with Crippen LogP contribution in [0, 0.1) is 0 Å². The molecular weight excluding hydrogens is 453 g/mol. The lowest BCUT2D eigenvalue weighted by atomic mass is 10.2. The van der Waals surface area contributed by atoms with Crippen molar-refractivity contribution in [3.63, 3.8) is 0 Å². The molecular formula is C19H13Cl2N3O3S2. The van der Waals surface area contributed by atoms with E-state index in [0.717, 1.165) is 15.5 Å². The van der Waals surface area contributed by atoms with Gasteiger partial charge in [-0.2, -0.15) is 0 Å². The number of anilines is 1. The normalized spacial score (nSPS) is 12.5. The number of carbonyl (C=O) groups excluding carboxylic acids is 1. The van der Waals surface area contributed by atoms with Crippen LogP contribution in [-0.2, 0) is 10.5 Å². The Balaban J connectivity index is 1.31. The first-order valence-electron chi connectivity index (χ1n) is 8.36. The van der Waals surface area contributed by atoms with E-state index < -0.39 is 0 Å². The molecule has 1 aromatic heterocycles. The Labute approximate surface area is 184 Å². The molecule has 0 unspecified atom stereocenters. The lowest BCUT2D eigenvalue weighted by Crippen LogP contribution is -2.07. The molecule has 0 radical (unpaired) electrons. The van der Waals surface area contributed by atoms with E-state index in [-0.39, 0.29) is 12.7 Å². The first-order valence-corrected chi connectivity index (χ1v) is 10.9. The molecule has 2 aromatic carbocycles. The van der Waals surface area contributed by atoms with Gasteiger partial charge in [0.2, 0.25) is 17.8 Å². The zero-order valence-electron chi connectivity index (χ0n) is 14.7. The molecule has 1 N–H and O–H groups in total. The van der Waals surface area contributed by atoms with Crippen LogP contribution in [0.2, 0.25) is 10.0 Å². The van der Waals surface area contributed by atoms with E-state index in [4.69, 9.17) is 32.7 Å². The van der Waals surface area contributed by atoms with Gasteiger partial charge < -0.3 is 9.47 Å². The van der Waals surface area contributed by atoms with Crippen molar-refractivity contribution in [2.45, 2.75) is 10.1 Å². The van der Waals surface area contributed by atoms with Gasteiger partial charge in [0, 0.05) is 11.8 Å². The van der Waals surface area contributed by atoms with Crippen molar-refractivity contribution >= 4 is 63.4 Å². The Hall–Kier alpha value is -2.26. The number of fused-ring (bicyclic) bond motifs is 1. The summed E-state index contributed by atoms with van der Waals surface area (Å²) in [7, 11) is 0. The second kappa shape index (κ2) is 9.04. The van der Waals surface area contributed by atoms with Crippen LogP contribution in [0.4, 0.5) is 5.13 Å². The van der Waals surface area contributed by atoms with E-state index in [9.17, 15) is 4.79 Å². The number of hydrogen-bond acceptors (Lipinski definition) is 7. The number of hydrogen-bond donors (Lipinski definition) is 1. The summed E-state index contributed by atoms with van der Waals surface area (Å²) < 4.78 is 11.3. The molecule has 1 aliphatic rings. The summed E-state index contributed by atoms with van der Waals surface area (Å²) in [5, 5.41) is 12.3. The standard InChI is InChI=1S/C19H13Cl2N3O3S2/c20-13-4-1-12(7-14(13)21)9-28-19-24-23-18(29-19)22-17(25)6-3-11-2-5-15-16(8-11)27-10-26-15/h1-8H,9-10H2,(H,22,23,25)/b6-3+. The number of ether oxygens (including phenoxy) is 2. The fourth-order valence-corrected chi connectivity index (χ4v) is 4.45. The quantitative estimate of drug-likeness (QED) is 0.293. The monoisotopic (exact) mass is 465 g/mol. The number of benzene rings is 2. The minimum absolute atomic E-state index is 0.214. The van der Waals surface area contributed by atoms with Gasteiger partial charge in [-0.1, -0.05) is 58.4 Å². The molecule has 29 heavy (non-hydrogen) atoms. The first kappa shape index (κ1) is 20.0. The summed E-state index contributed by atoms with van der Waals surface area (Å²) in [4.78, 5) is 12.1. The molecule has 4 rings (SSSR count). The van der Waals surface area contributed by atoms with E-state index in [1.165, 1.54) is 29.2 Å². The predicted molar refractivity (Wildman–Crippen MR) is 116 cm³/mol. The number of thioether (sulfide) groups is 1. The number of halogens is 2. The number of amides is 1. The van der Waals surface area contributed by atoms with Gasteiger partial charge in [0.15, 0.2) is 15.8 Å². The highest BCUT2D eigenvalue weighted by Crippen LogP contribution is 2.33. The van der Waals surface area contributed by atoms with Gasteiger partial charge in [-0.25, -0.2) is 0 Å². The summed E-state index contributed by atoms with van der Waals surface area (Å²) in [5.74, 6) is 1.75. The van der Waals surface area contributed by atoms with E-state index >= 15 is 0 Å². The Bertz CT molecular complexity index is 1090. The zero-order valence-corrected chi connectivity index (χ0v) is 17.9. The molecule has 0 bridgehead atoms. The lowest BCUT2D eigenvalue weighted by molar-refractivity contribution is -0.111. The summed E-state index contributed by atoms with van der Waals surface area (Å²) in [5.41, 5.74) is 1.86. The Morgan fingerprint density at radius 1 is 1.14 bits per heavy atom. The first-order chi connectivity index (χ1) is 14.1. The lowest BCUT2D eigenvalue weighted by Gasteiger charge is -2.01. The van der Waals surface area contributed by atoms with Crippen LogP contribution in [0.1, 0.15) is 11.1 Å². The van der Waals surface area contributed by atoms with Crippen LogP contribution in [0.15, 0.2) is 46.8 Å². The van der Waals surface area contributed by atoms with Gasteiger partial charge >= 0.3 is 0 Å². The molecule has 6 nitrogen and oxygen atoms in total. The van der Waals surface area contributed by atoms with Gasteiger partial charge in [-0.3, -0.25) is 10.1 Å². The third kappa shape index (κ3) is 5.22. The van der Waals surface area contributed by atoms with Crippen molar-refractivity contribution in [2.24, 2.45) is 0 Å². The van der Waals surface area contributed by atoms with E-state index in [0.29, 0.717) is 32.4 Å². The number of aromatic nitrogens is 2. The van der Waals surface area contributed by atoms with E-state index in [2.05, 4.69) is 15.5 Å². The molecule has 0 atom stereocenters. The smallest absolute Gasteiger partial charge is 0.250 e. The summed E-state index contributed by atoms with van der Waals surface area (Å²) >= 11 is 14.8. The van der Waals surface area contributed by atoms with Crippen LogP contribution in [-0.4, -0.2) is 22.9 Å². The molecule has 1 aliphatic heterocycles. The molecule has 3 aromatic rings. The van der Waals surface area contributed by atoms with Crippen LogP contribution in [0.5, 0.6) is 11.5 Å². The summed E-state index contributed by atoms with van der Waals surface area (Å²) in [6.07, 6.45) is 3.12. The van der Waals surface area contributed by atoms with Crippen molar-refractivity contribution in [3.8, 4) is 11.5 Å². The van der Waals surface area contributed by atoms with Crippen molar-refractivity contribution < 1.29 is 14.3 Å². The number of rotatable bonds is 6. The molecule has 0 saturated heterocycles. The molecule has 0 aliphatic carbocycles. The van der Waals surface area contributed by atoms with Crippen molar-refractivity contribution in [2.75, 3.05) is 12.1 Å². The molecule has 0 spiro atoms. The SMILES string of the molecule is O=C(/C=C/c1ccc2c(c1)OCO2)Nc1nnc(SCc2ccc(Cl)c(Cl)c2)s1. The van der Waals surface area contributed by atoms with E-state index in [1.54, 1.807) is 12.1 Å². The largest absolute Gasteiger partial charge is 0.454 e. The highest BCUT2D eigenvalue weighted by molar-refractivity contribution is 8.00. The summed E-state index contributed by atoms with van der Waals surface area (Å²) in [6, 6.07) is 11.0. The fourth-order valence-electron chi connectivity index (χ4n) is 2.43. The molecule has 148 valence electrons. The Morgan fingerprint density at radius 3 is 2.86 bits per heavy atom. The van der Waals surface area contributed by atoms with Gasteiger partial charge in [0.1, 0.15) is 0 Å². The average Bonchev–Trinajstić information content (AvgIpc) is 3.36. The summed E-state index contributed by atoms with van der Waals surface area (Å²) in [6.45, 7) is 0.214. The Kier molecular flexibility index (Phi) is 6.25. The molecule has 2 heterocycles. The van der Waals surface area contributed by atoms with Gasteiger partial charge in [0.05, 0.1) is 10.0 Å². The van der Waals surface area contributed by atoms with Crippen LogP contribution >= 0.6 is 46.3 Å². The fraction of sp³-hybridized carbons (Fsp3) is 0.105. The number of nitrogens with one attached hydrogen (secondary N) is 1. The van der Waals surface area contributed by atoms with E-state index in [1.807, 2.05) is 30.3 Å². The third-order valence-electron chi connectivity index (χ3n) is 3.81. The minimum atomic E-state index is -0.292. The molecule has 1 amide bonds.